The highest BCUT2D eigenvalue weighted by Gasteiger charge is 2.30. The highest BCUT2D eigenvalue weighted by Crippen LogP contribution is 2.28. The molecule has 1 saturated carbocycles. The number of hydrogen-bond acceptors (Lipinski definition) is 7. The molecule has 0 radical (unpaired) electrons. The maximum absolute atomic E-state index is 13.1. The smallest absolute Gasteiger partial charge is 0.330 e. The summed E-state index contributed by atoms with van der Waals surface area (Å²) >= 11 is 0. The monoisotopic (exact) mass is 417 g/mol. The molecule has 3 N–H and O–H groups in total. The van der Waals surface area contributed by atoms with Crippen LogP contribution in [0.5, 0.6) is 5.88 Å². The molecule has 0 atom stereocenters. The van der Waals surface area contributed by atoms with E-state index in [0.29, 0.717) is 17.9 Å². The van der Waals surface area contributed by atoms with Crippen molar-refractivity contribution < 1.29 is 19.4 Å². The fourth-order valence-electron chi connectivity index (χ4n) is 3.16. The Morgan fingerprint density at radius 1 is 1.37 bits per heavy atom. The lowest BCUT2D eigenvalue weighted by molar-refractivity contribution is -0.137. The minimum absolute atomic E-state index is 0.0270. The Hall–Kier alpha value is -3.30. The van der Waals surface area contributed by atoms with Gasteiger partial charge in [0.2, 0.25) is 5.88 Å². The summed E-state index contributed by atoms with van der Waals surface area (Å²) in [5.74, 6) is -1.17. The largest absolute Gasteiger partial charge is 0.494 e. The van der Waals surface area contributed by atoms with E-state index in [0.717, 1.165) is 17.4 Å². The highest BCUT2D eigenvalue weighted by atomic mass is 16.5. The minimum Gasteiger partial charge on any atom is -0.494 e. The van der Waals surface area contributed by atoms with Crippen LogP contribution in [0.3, 0.4) is 0 Å². The van der Waals surface area contributed by atoms with Crippen molar-refractivity contribution in [2.45, 2.75) is 46.2 Å². The molecule has 10 heteroatoms. The Balaban J connectivity index is 2.25. The Morgan fingerprint density at radius 3 is 2.63 bits per heavy atom. The van der Waals surface area contributed by atoms with Gasteiger partial charge in [-0.25, -0.2) is 4.79 Å². The van der Waals surface area contributed by atoms with Gasteiger partial charge in [0.1, 0.15) is 0 Å². The number of hydrogen-bond donors (Lipinski definition) is 3. The van der Waals surface area contributed by atoms with Crippen LogP contribution in [-0.4, -0.2) is 50.9 Å². The van der Waals surface area contributed by atoms with Gasteiger partial charge >= 0.3 is 5.97 Å². The summed E-state index contributed by atoms with van der Waals surface area (Å²) in [6, 6.07) is 0.0270. The normalized spacial score (nSPS) is 13.9. The molecule has 30 heavy (non-hydrogen) atoms. The van der Waals surface area contributed by atoms with Gasteiger partial charge in [-0.05, 0) is 31.8 Å². The van der Waals surface area contributed by atoms with Gasteiger partial charge in [-0.2, -0.15) is 4.52 Å². The van der Waals surface area contributed by atoms with Gasteiger partial charge in [0.15, 0.2) is 17.0 Å². The van der Waals surface area contributed by atoms with Crippen LogP contribution < -0.4 is 16.2 Å². The highest BCUT2D eigenvalue weighted by molar-refractivity contribution is 5.97. The summed E-state index contributed by atoms with van der Waals surface area (Å²) < 4.78 is 7.48. The van der Waals surface area contributed by atoms with E-state index in [9.17, 15) is 19.5 Å². The van der Waals surface area contributed by atoms with Crippen molar-refractivity contribution in [2.75, 3.05) is 19.0 Å². The Labute approximate surface area is 173 Å². The molecule has 1 amide bonds. The predicted octanol–water partition coefficient (Wildman–Crippen LogP) is 1.37. The second-order valence-electron chi connectivity index (χ2n) is 7.59. The average molecular weight is 417 g/mol. The Morgan fingerprint density at radius 2 is 2.07 bits per heavy atom. The summed E-state index contributed by atoms with van der Waals surface area (Å²) in [5, 5.41) is 20.8. The second kappa shape index (κ2) is 8.60. The van der Waals surface area contributed by atoms with Gasteiger partial charge in [0, 0.05) is 25.7 Å². The maximum Gasteiger partial charge on any atom is 0.330 e. The van der Waals surface area contributed by atoms with E-state index in [1.165, 1.54) is 16.7 Å². The number of aromatic hydroxyl groups is 1. The van der Waals surface area contributed by atoms with Crippen LogP contribution in [0.2, 0.25) is 0 Å². The number of fused-ring (bicyclic) bond motifs is 1. The standard InChI is InChI=1S/C20H27N5O5/c1-5-30-14(26)9-8-13-16(21-4)23-25-18(13)24(10-11(2)3)19(28)15(20(25)29)17(27)22-12-6-7-12/h8-9,11-12,28H,5-7,10H2,1-4H3,(H,21,23)(H,22,27)/b9-8+. The number of rotatable bonds is 8. The summed E-state index contributed by atoms with van der Waals surface area (Å²) in [6.45, 7) is 6.15. The van der Waals surface area contributed by atoms with Crippen molar-refractivity contribution in [1.29, 1.82) is 0 Å². The molecule has 2 aromatic rings. The number of carbonyl (C=O) groups excluding carboxylic acids is 2. The molecule has 162 valence electrons. The molecule has 0 bridgehead atoms. The van der Waals surface area contributed by atoms with Crippen LogP contribution in [0.15, 0.2) is 10.9 Å². The predicted molar refractivity (Wildman–Crippen MR) is 112 cm³/mol. The van der Waals surface area contributed by atoms with Gasteiger partial charge in [0.05, 0.1) is 12.2 Å². The van der Waals surface area contributed by atoms with E-state index in [1.807, 2.05) is 13.8 Å². The summed E-state index contributed by atoms with van der Waals surface area (Å²) in [5.41, 5.74) is -0.374. The van der Waals surface area contributed by atoms with E-state index in [2.05, 4.69) is 15.7 Å². The number of nitrogens with one attached hydrogen (secondary N) is 2. The number of aromatic nitrogens is 3. The second-order valence-corrected chi connectivity index (χ2v) is 7.59. The molecule has 0 spiro atoms. The lowest BCUT2D eigenvalue weighted by Gasteiger charge is -2.17. The van der Waals surface area contributed by atoms with Crippen LogP contribution in [0.4, 0.5) is 5.82 Å². The zero-order valence-corrected chi connectivity index (χ0v) is 17.6. The summed E-state index contributed by atoms with van der Waals surface area (Å²) in [4.78, 5) is 37.5. The van der Waals surface area contributed by atoms with Gasteiger partial charge in [0.25, 0.3) is 11.5 Å². The molecule has 10 nitrogen and oxygen atoms in total. The Kier molecular flexibility index (Phi) is 6.14. The zero-order valence-electron chi connectivity index (χ0n) is 17.6. The first kappa shape index (κ1) is 21.4. The number of amides is 1. The molecule has 0 aromatic carbocycles. The van der Waals surface area contributed by atoms with Crippen molar-refractivity contribution in [3.05, 3.63) is 27.6 Å². The number of esters is 1. The molecule has 2 heterocycles. The third-order valence-electron chi connectivity index (χ3n) is 4.63. The molecule has 0 saturated heterocycles. The SMILES string of the molecule is CCOC(=O)/C=C/c1c(NC)nn2c(=O)c(C(=O)NC3CC3)c(O)n(CC(C)C)c12. The van der Waals surface area contributed by atoms with E-state index >= 15 is 0 Å². The average Bonchev–Trinajstić information content (AvgIpc) is 3.41. The van der Waals surface area contributed by atoms with E-state index < -0.39 is 23.3 Å². The third kappa shape index (κ3) is 4.17. The molecular weight excluding hydrogens is 390 g/mol. The Bertz CT molecular complexity index is 1060. The van der Waals surface area contributed by atoms with Gasteiger partial charge < -0.3 is 20.5 Å². The number of carbonyl (C=O) groups is 2. The first-order chi connectivity index (χ1) is 14.3. The van der Waals surface area contributed by atoms with E-state index in [-0.39, 0.29) is 29.8 Å². The fourth-order valence-corrected chi connectivity index (χ4v) is 3.16. The molecule has 0 unspecified atom stereocenters. The molecule has 2 aromatic heterocycles. The first-order valence-corrected chi connectivity index (χ1v) is 10.00. The quantitative estimate of drug-likeness (QED) is 0.437. The van der Waals surface area contributed by atoms with Gasteiger partial charge in [-0.15, -0.1) is 5.10 Å². The molecule has 0 aliphatic heterocycles. The van der Waals surface area contributed by atoms with Gasteiger partial charge in [-0.1, -0.05) is 13.8 Å². The number of ether oxygens (including phenoxy) is 1. The lowest BCUT2D eigenvalue weighted by atomic mass is 10.2. The maximum atomic E-state index is 13.1. The topological polar surface area (TPSA) is 127 Å². The zero-order chi connectivity index (χ0) is 22.0. The first-order valence-electron chi connectivity index (χ1n) is 10.00. The van der Waals surface area contributed by atoms with Crippen LogP contribution >= 0.6 is 0 Å². The van der Waals surface area contributed by atoms with Crippen LogP contribution in [0, 0.1) is 5.92 Å². The minimum atomic E-state index is -0.729. The summed E-state index contributed by atoms with van der Waals surface area (Å²) in [7, 11) is 1.63. The number of nitrogens with zero attached hydrogens (tertiary/aromatic N) is 3. The number of anilines is 1. The molecule has 1 fully saturated rings. The van der Waals surface area contributed by atoms with Crippen molar-refractivity contribution in [3.8, 4) is 5.88 Å². The molecule has 3 rings (SSSR count). The van der Waals surface area contributed by atoms with Crippen molar-refractivity contribution in [2.24, 2.45) is 5.92 Å². The molecule has 1 aliphatic rings. The third-order valence-corrected chi connectivity index (χ3v) is 4.63. The molecule has 1 aliphatic carbocycles. The van der Waals surface area contributed by atoms with E-state index in [1.54, 1.807) is 14.0 Å². The van der Waals surface area contributed by atoms with Crippen LogP contribution in [0.25, 0.3) is 11.7 Å². The van der Waals surface area contributed by atoms with Crippen molar-refractivity contribution in [1.82, 2.24) is 19.5 Å². The lowest BCUT2D eigenvalue weighted by Crippen LogP contribution is -2.34. The van der Waals surface area contributed by atoms with Crippen LogP contribution in [0.1, 0.15) is 49.5 Å². The van der Waals surface area contributed by atoms with Gasteiger partial charge in [-0.3, -0.25) is 14.2 Å². The fraction of sp³-hybridized carbons (Fsp3) is 0.500. The van der Waals surface area contributed by atoms with Crippen LogP contribution in [-0.2, 0) is 16.1 Å². The molecular formula is C20H27N5O5. The van der Waals surface area contributed by atoms with Crippen molar-refractivity contribution in [3.63, 3.8) is 0 Å². The van der Waals surface area contributed by atoms with Crippen molar-refractivity contribution >= 4 is 29.4 Å². The van der Waals surface area contributed by atoms with E-state index in [4.69, 9.17) is 4.74 Å². The summed E-state index contributed by atoms with van der Waals surface area (Å²) in [6.07, 6.45) is 4.41.